The lowest BCUT2D eigenvalue weighted by atomic mass is 10.0. The molecule has 1 N–H and O–H groups in total. The van der Waals surface area contributed by atoms with Crippen LogP contribution < -0.4 is 14.4 Å². The van der Waals surface area contributed by atoms with Crippen LogP contribution in [0.1, 0.15) is 22.3 Å². The third-order valence-corrected chi connectivity index (χ3v) is 5.27. The topological polar surface area (TPSA) is 108 Å². The Morgan fingerprint density at radius 3 is 1.81 bits per heavy atom. The van der Waals surface area contributed by atoms with Crippen molar-refractivity contribution in [3.8, 4) is 5.75 Å². The van der Waals surface area contributed by atoms with Gasteiger partial charge in [-0.05, 0) is 36.2 Å². The number of carboxylic acids is 2. The Morgan fingerprint density at radius 1 is 0.889 bits per heavy atom. The fourth-order valence-corrected chi connectivity index (χ4v) is 3.58. The molecular weight excluding hydrogens is 479 g/mol. The Bertz CT molecular complexity index is 1370. The first-order valence-electron chi connectivity index (χ1n) is 10.6. The number of esters is 1. The molecule has 0 amide bonds. The van der Waals surface area contributed by atoms with Crippen molar-refractivity contribution >= 4 is 39.7 Å². The first kappa shape index (κ1) is 26.1. The van der Waals surface area contributed by atoms with Gasteiger partial charge in [-0.3, -0.25) is 4.79 Å². The maximum atomic E-state index is 13.1. The van der Waals surface area contributed by atoms with Gasteiger partial charge in [0.05, 0.1) is 16.3 Å². The van der Waals surface area contributed by atoms with E-state index in [0.29, 0.717) is 17.7 Å². The highest BCUT2D eigenvalue weighted by atomic mass is 19.4. The molecule has 4 aromatic rings. The number of alkyl halides is 3. The van der Waals surface area contributed by atoms with Gasteiger partial charge in [0.2, 0.25) is 11.0 Å². The highest BCUT2D eigenvalue weighted by Crippen LogP contribution is 2.26. The minimum Gasteiger partial charge on any atom is -0.542 e. The van der Waals surface area contributed by atoms with Crippen molar-refractivity contribution in [1.82, 2.24) is 0 Å². The van der Waals surface area contributed by atoms with E-state index in [2.05, 4.69) is 4.57 Å². The molecule has 0 aliphatic heterocycles. The van der Waals surface area contributed by atoms with E-state index in [1.165, 1.54) is 0 Å². The van der Waals surface area contributed by atoms with E-state index in [1.54, 1.807) is 24.3 Å². The van der Waals surface area contributed by atoms with E-state index in [4.69, 9.17) is 19.7 Å². The number of aryl methyl sites for hydroxylation is 2. The van der Waals surface area contributed by atoms with Crippen LogP contribution in [0.15, 0.2) is 72.8 Å². The Labute approximate surface area is 203 Å². The lowest BCUT2D eigenvalue weighted by molar-refractivity contribution is -0.617. The maximum absolute atomic E-state index is 13.1. The zero-order chi connectivity index (χ0) is 26.5. The molecule has 0 aliphatic carbocycles. The molecule has 0 fully saturated rings. The van der Waals surface area contributed by atoms with Crippen LogP contribution in [0.2, 0.25) is 0 Å². The predicted molar refractivity (Wildman–Crippen MR) is 121 cm³/mol. The number of carboxylic acid groups (broad SMARTS) is 2. The molecule has 1 aromatic heterocycles. The molecule has 0 bridgehead atoms. The highest BCUT2D eigenvalue weighted by molar-refractivity contribution is 6.13. The number of rotatable bonds is 5. The summed E-state index contributed by atoms with van der Waals surface area (Å²) in [6.07, 6.45) is -4.69. The van der Waals surface area contributed by atoms with Gasteiger partial charge >= 0.3 is 18.1 Å². The molecule has 186 valence electrons. The molecule has 10 heteroatoms. The van der Waals surface area contributed by atoms with Crippen LogP contribution in [-0.2, 0) is 23.1 Å². The summed E-state index contributed by atoms with van der Waals surface area (Å²) in [7, 11) is 1.98. The summed E-state index contributed by atoms with van der Waals surface area (Å²) in [6.45, 7) is 0. The number of pyridine rings is 1. The van der Waals surface area contributed by atoms with Crippen LogP contribution in [0.5, 0.6) is 5.75 Å². The predicted octanol–water partition coefficient (Wildman–Crippen LogP) is 3.35. The SMILES string of the molecule is C[n+]1c2ccccc2c(C(=O)Oc2ccc(CCC(=O)O)cc2)c2ccccc21.O=C([O-])C(F)(F)F. The number of aliphatic carboxylic acids is 2. The fourth-order valence-electron chi connectivity index (χ4n) is 3.58. The maximum Gasteiger partial charge on any atom is 0.430 e. The monoisotopic (exact) mass is 499 g/mol. The number of halogens is 3. The van der Waals surface area contributed by atoms with E-state index >= 15 is 0 Å². The van der Waals surface area contributed by atoms with Gasteiger partial charge in [0, 0.05) is 18.6 Å². The molecule has 0 saturated carbocycles. The summed E-state index contributed by atoms with van der Waals surface area (Å²) < 4.78 is 39.3. The first-order valence-corrected chi connectivity index (χ1v) is 10.6. The van der Waals surface area contributed by atoms with Gasteiger partial charge in [-0.1, -0.05) is 36.4 Å². The van der Waals surface area contributed by atoms with Crippen molar-refractivity contribution < 1.29 is 47.1 Å². The molecule has 0 atom stereocenters. The summed E-state index contributed by atoms with van der Waals surface area (Å²) in [5.41, 5.74) is 3.31. The third-order valence-electron chi connectivity index (χ3n) is 5.27. The fraction of sp³-hybridized carbons (Fsp3) is 0.154. The molecule has 0 spiro atoms. The van der Waals surface area contributed by atoms with E-state index < -0.39 is 24.1 Å². The molecule has 4 rings (SSSR count). The Morgan fingerprint density at radius 2 is 1.36 bits per heavy atom. The normalized spacial score (nSPS) is 11.0. The smallest absolute Gasteiger partial charge is 0.430 e. The third kappa shape index (κ3) is 6.15. The van der Waals surface area contributed by atoms with Crippen molar-refractivity contribution in [2.24, 2.45) is 7.05 Å². The largest absolute Gasteiger partial charge is 0.542 e. The average Bonchev–Trinajstić information content (AvgIpc) is 2.83. The molecule has 7 nitrogen and oxygen atoms in total. The van der Waals surface area contributed by atoms with Crippen molar-refractivity contribution in [2.75, 3.05) is 0 Å². The number of benzene rings is 3. The quantitative estimate of drug-likeness (QED) is 0.195. The van der Waals surface area contributed by atoms with Gasteiger partial charge in [-0.25, -0.2) is 4.79 Å². The van der Waals surface area contributed by atoms with Crippen LogP contribution >= 0.6 is 0 Å². The van der Waals surface area contributed by atoms with Gasteiger partial charge < -0.3 is 19.7 Å². The number of carbonyl (C=O) groups is 3. The van der Waals surface area contributed by atoms with E-state index in [1.807, 2.05) is 55.6 Å². The molecule has 1 heterocycles. The van der Waals surface area contributed by atoms with Crippen LogP contribution in [0, 0.1) is 0 Å². The second-order valence-electron chi connectivity index (χ2n) is 7.68. The molecular formula is C26H20F3NO6. The molecule has 0 aliphatic rings. The number of hydrogen-bond donors (Lipinski definition) is 1. The second kappa shape index (κ2) is 10.9. The van der Waals surface area contributed by atoms with Crippen LogP contribution in [-0.4, -0.2) is 29.2 Å². The van der Waals surface area contributed by atoms with Crippen LogP contribution in [0.4, 0.5) is 13.2 Å². The molecule has 36 heavy (non-hydrogen) atoms. The van der Waals surface area contributed by atoms with Crippen molar-refractivity contribution in [1.29, 1.82) is 0 Å². The van der Waals surface area contributed by atoms with Gasteiger partial charge in [0.1, 0.15) is 18.8 Å². The highest BCUT2D eigenvalue weighted by Gasteiger charge is 2.29. The Balaban J connectivity index is 0.000000454. The summed E-state index contributed by atoms with van der Waals surface area (Å²) in [5, 5.41) is 19.2. The summed E-state index contributed by atoms with van der Waals surface area (Å²) in [5.74, 6) is -3.84. The van der Waals surface area contributed by atoms with Gasteiger partial charge in [0.25, 0.3) is 0 Å². The average molecular weight is 499 g/mol. The van der Waals surface area contributed by atoms with Gasteiger partial charge in [0.15, 0.2) is 0 Å². The van der Waals surface area contributed by atoms with Crippen molar-refractivity contribution in [3.05, 3.63) is 83.9 Å². The number of para-hydroxylation sites is 2. The number of aromatic nitrogens is 1. The standard InChI is InChI=1S/C24H19NO4.C2HF3O2/c1-25-20-8-4-2-6-18(20)23(19-7-3-5-9-21(19)25)24(28)29-17-13-10-16(11-14-17)12-15-22(26)27;3-2(4,5)1(6)7/h2-11,13-14H,12,15H2,1H3;(H,6,7). The minimum atomic E-state index is -5.19. The summed E-state index contributed by atoms with van der Waals surface area (Å²) >= 11 is 0. The lowest BCUT2D eigenvalue weighted by Gasteiger charge is -2.10. The number of fused-ring (bicyclic) bond motifs is 2. The van der Waals surface area contributed by atoms with E-state index in [0.717, 1.165) is 27.4 Å². The molecule has 0 saturated heterocycles. The molecule has 3 aromatic carbocycles. The van der Waals surface area contributed by atoms with Gasteiger partial charge in [-0.15, -0.1) is 0 Å². The van der Waals surface area contributed by atoms with Gasteiger partial charge in [-0.2, -0.15) is 17.7 Å². The lowest BCUT2D eigenvalue weighted by Crippen LogP contribution is -2.37. The number of ether oxygens (including phenoxy) is 1. The Hall–Kier alpha value is -4.47. The zero-order valence-electron chi connectivity index (χ0n) is 18.9. The molecule has 0 radical (unpaired) electrons. The first-order chi connectivity index (χ1) is 17.0. The number of nitrogens with zero attached hydrogens (tertiary/aromatic N) is 1. The van der Waals surface area contributed by atoms with Crippen LogP contribution in [0.25, 0.3) is 21.8 Å². The summed E-state index contributed by atoms with van der Waals surface area (Å²) in [4.78, 5) is 32.6. The zero-order valence-corrected chi connectivity index (χ0v) is 18.9. The van der Waals surface area contributed by atoms with Crippen molar-refractivity contribution in [2.45, 2.75) is 19.0 Å². The minimum absolute atomic E-state index is 0.0676. The number of hydrogen-bond acceptors (Lipinski definition) is 5. The van der Waals surface area contributed by atoms with Crippen molar-refractivity contribution in [3.63, 3.8) is 0 Å². The number of carbonyl (C=O) groups excluding carboxylic acids is 2. The second-order valence-corrected chi connectivity index (χ2v) is 7.68. The van der Waals surface area contributed by atoms with Crippen LogP contribution in [0.3, 0.4) is 0 Å². The Kier molecular flexibility index (Phi) is 7.88. The van der Waals surface area contributed by atoms with E-state index in [9.17, 15) is 22.8 Å². The van der Waals surface area contributed by atoms with E-state index in [-0.39, 0.29) is 6.42 Å². The molecule has 0 unspecified atom stereocenters. The summed E-state index contributed by atoms with van der Waals surface area (Å²) in [6, 6.07) is 22.5.